The smallest absolute Gasteiger partial charge is 0.0902 e. The molecule has 0 aliphatic rings. The predicted molar refractivity (Wildman–Crippen MR) is 57.2 cm³/mol. The van der Waals surface area contributed by atoms with E-state index in [9.17, 15) is 4.39 Å². The Hall–Kier alpha value is -0.410. The molecule has 0 unspecified atom stereocenters. The van der Waals surface area contributed by atoms with Crippen LogP contribution in [-0.4, -0.2) is 12.4 Å². The lowest BCUT2D eigenvalue weighted by molar-refractivity contribution is 0.489. The first-order valence-corrected chi connectivity index (χ1v) is 5.34. The zero-order valence-electron chi connectivity index (χ0n) is 7.09. The van der Waals surface area contributed by atoms with E-state index in [1.807, 2.05) is 6.07 Å². The number of benzene rings is 1. The quantitative estimate of drug-likeness (QED) is 0.477. The summed E-state index contributed by atoms with van der Waals surface area (Å²) < 4.78 is 11.8. The average Bonchev–Trinajstić information content (AvgIpc) is 2.09. The SMILES string of the molecule is Nc1ccc(SCCCF)c(Cl)c1. The Morgan fingerprint density at radius 2 is 2.23 bits per heavy atom. The van der Waals surface area contributed by atoms with Gasteiger partial charge in [0.2, 0.25) is 0 Å². The van der Waals surface area contributed by atoms with Crippen molar-refractivity contribution in [3.05, 3.63) is 23.2 Å². The van der Waals surface area contributed by atoms with Gasteiger partial charge in [-0.3, -0.25) is 4.39 Å². The number of halogens is 2. The first kappa shape index (κ1) is 10.7. The molecule has 1 aromatic rings. The zero-order valence-corrected chi connectivity index (χ0v) is 8.67. The maximum Gasteiger partial charge on any atom is 0.0902 e. The van der Waals surface area contributed by atoms with Gasteiger partial charge in [0.15, 0.2) is 0 Å². The molecule has 0 saturated heterocycles. The number of hydrogen-bond acceptors (Lipinski definition) is 2. The summed E-state index contributed by atoms with van der Waals surface area (Å²) in [6, 6.07) is 5.36. The molecule has 0 bridgehead atoms. The van der Waals surface area contributed by atoms with E-state index < -0.39 is 0 Å². The van der Waals surface area contributed by atoms with E-state index in [4.69, 9.17) is 17.3 Å². The number of rotatable bonds is 4. The van der Waals surface area contributed by atoms with Crippen molar-refractivity contribution in [3.8, 4) is 0 Å². The fourth-order valence-corrected chi connectivity index (χ4v) is 2.06. The van der Waals surface area contributed by atoms with Gasteiger partial charge in [0.05, 0.1) is 11.7 Å². The Labute approximate surface area is 86.5 Å². The maximum atomic E-state index is 11.8. The van der Waals surface area contributed by atoms with Crippen molar-refractivity contribution in [2.45, 2.75) is 11.3 Å². The van der Waals surface area contributed by atoms with E-state index in [1.165, 1.54) is 0 Å². The van der Waals surface area contributed by atoms with E-state index in [1.54, 1.807) is 23.9 Å². The van der Waals surface area contributed by atoms with Crippen LogP contribution in [0.15, 0.2) is 23.1 Å². The van der Waals surface area contributed by atoms with Crippen LogP contribution in [0.25, 0.3) is 0 Å². The fourth-order valence-electron chi connectivity index (χ4n) is 0.871. The van der Waals surface area contributed by atoms with Gasteiger partial charge >= 0.3 is 0 Å². The monoisotopic (exact) mass is 219 g/mol. The van der Waals surface area contributed by atoms with Crippen molar-refractivity contribution in [2.24, 2.45) is 0 Å². The lowest BCUT2D eigenvalue weighted by Gasteiger charge is -2.03. The lowest BCUT2D eigenvalue weighted by Crippen LogP contribution is -1.86. The molecule has 1 nitrogen and oxygen atoms in total. The third-order valence-corrected chi connectivity index (χ3v) is 3.08. The van der Waals surface area contributed by atoms with E-state index in [-0.39, 0.29) is 6.67 Å². The van der Waals surface area contributed by atoms with E-state index in [0.717, 1.165) is 10.6 Å². The molecule has 0 fully saturated rings. The minimum absolute atomic E-state index is 0.278. The Kier molecular flexibility index (Phi) is 4.39. The van der Waals surface area contributed by atoms with Crippen LogP contribution in [0.1, 0.15) is 6.42 Å². The van der Waals surface area contributed by atoms with Crippen molar-refractivity contribution in [1.29, 1.82) is 0 Å². The number of anilines is 1. The molecule has 0 amide bonds. The zero-order chi connectivity index (χ0) is 9.68. The van der Waals surface area contributed by atoms with Gasteiger partial charge in [-0.15, -0.1) is 11.8 Å². The van der Waals surface area contributed by atoms with E-state index in [0.29, 0.717) is 17.1 Å². The number of alkyl halides is 1. The predicted octanol–water partition coefficient (Wildman–Crippen LogP) is 3.37. The van der Waals surface area contributed by atoms with Crippen LogP contribution in [0.5, 0.6) is 0 Å². The fraction of sp³-hybridized carbons (Fsp3) is 0.333. The van der Waals surface area contributed by atoms with Crippen LogP contribution in [0.2, 0.25) is 5.02 Å². The molecule has 2 N–H and O–H groups in total. The van der Waals surface area contributed by atoms with E-state index >= 15 is 0 Å². The minimum atomic E-state index is -0.278. The molecule has 0 spiro atoms. The van der Waals surface area contributed by atoms with Gasteiger partial charge in [-0.1, -0.05) is 11.6 Å². The Balaban J connectivity index is 2.56. The maximum absolute atomic E-state index is 11.8. The molecule has 0 atom stereocenters. The van der Waals surface area contributed by atoms with Crippen molar-refractivity contribution >= 4 is 29.1 Å². The second-order valence-electron chi connectivity index (χ2n) is 2.58. The van der Waals surface area contributed by atoms with Gasteiger partial charge in [0.25, 0.3) is 0 Å². The summed E-state index contributed by atoms with van der Waals surface area (Å²) in [5.41, 5.74) is 6.18. The molecule has 13 heavy (non-hydrogen) atoms. The molecule has 0 aliphatic carbocycles. The molecule has 72 valence electrons. The summed E-state index contributed by atoms with van der Waals surface area (Å²) in [7, 11) is 0. The number of nitrogen functional groups attached to an aromatic ring is 1. The molecule has 4 heteroatoms. The Morgan fingerprint density at radius 3 is 2.85 bits per heavy atom. The van der Waals surface area contributed by atoms with Gasteiger partial charge in [0, 0.05) is 16.3 Å². The van der Waals surface area contributed by atoms with Crippen LogP contribution in [0.4, 0.5) is 10.1 Å². The average molecular weight is 220 g/mol. The summed E-state index contributed by atoms with van der Waals surface area (Å²) >= 11 is 7.47. The molecule has 0 aliphatic heterocycles. The van der Waals surface area contributed by atoms with Crippen molar-refractivity contribution in [1.82, 2.24) is 0 Å². The Morgan fingerprint density at radius 1 is 1.46 bits per heavy atom. The second kappa shape index (κ2) is 5.35. The standard InChI is InChI=1S/C9H11ClFNS/c10-8-6-7(12)2-3-9(8)13-5-1-4-11/h2-3,6H,1,4-5,12H2. The normalized spacial score (nSPS) is 10.3. The second-order valence-corrected chi connectivity index (χ2v) is 4.12. The van der Waals surface area contributed by atoms with Crippen molar-refractivity contribution < 1.29 is 4.39 Å². The summed E-state index contributed by atoms with van der Waals surface area (Å²) in [4.78, 5) is 0.962. The number of nitrogens with two attached hydrogens (primary N) is 1. The number of hydrogen-bond donors (Lipinski definition) is 1. The Bertz CT molecular complexity index is 280. The molecular formula is C9H11ClFNS. The number of thioether (sulfide) groups is 1. The third kappa shape index (κ3) is 3.44. The van der Waals surface area contributed by atoms with Gasteiger partial charge in [-0.05, 0) is 24.6 Å². The van der Waals surface area contributed by atoms with Crippen LogP contribution < -0.4 is 5.73 Å². The van der Waals surface area contributed by atoms with Crippen molar-refractivity contribution in [2.75, 3.05) is 18.2 Å². The van der Waals surface area contributed by atoms with Crippen molar-refractivity contribution in [3.63, 3.8) is 0 Å². The molecule has 0 aromatic heterocycles. The molecule has 0 saturated carbocycles. The highest BCUT2D eigenvalue weighted by Gasteiger charge is 2.00. The summed E-state index contributed by atoms with van der Waals surface area (Å²) in [6.07, 6.45) is 0.561. The third-order valence-electron chi connectivity index (χ3n) is 1.49. The highest BCUT2D eigenvalue weighted by molar-refractivity contribution is 7.99. The molecular weight excluding hydrogens is 209 g/mol. The van der Waals surface area contributed by atoms with E-state index in [2.05, 4.69) is 0 Å². The molecule has 1 rings (SSSR count). The van der Waals surface area contributed by atoms with Crippen LogP contribution in [0, 0.1) is 0 Å². The molecule has 0 heterocycles. The summed E-state index contributed by atoms with van der Waals surface area (Å²) in [5, 5.41) is 0.642. The van der Waals surface area contributed by atoms with Gasteiger partial charge < -0.3 is 5.73 Å². The van der Waals surface area contributed by atoms with Crippen LogP contribution in [0.3, 0.4) is 0 Å². The lowest BCUT2D eigenvalue weighted by atomic mass is 10.3. The highest BCUT2D eigenvalue weighted by atomic mass is 35.5. The molecule has 1 aromatic carbocycles. The summed E-state index contributed by atoms with van der Waals surface area (Å²) in [6.45, 7) is -0.278. The first-order chi connectivity index (χ1) is 6.24. The van der Waals surface area contributed by atoms with Crippen LogP contribution >= 0.6 is 23.4 Å². The van der Waals surface area contributed by atoms with Gasteiger partial charge in [-0.2, -0.15) is 0 Å². The summed E-state index contributed by atoms with van der Waals surface area (Å²) in [5.74, 6) is 0.750. The van der Waals surface area contributed by atoms with Gasteiger partial charge in [0.1, 0.15) is 0 Å². The first-order valence-electron chi connectivity index (χ1n) is 3.98. The molecule has 0 radical (unpaired) electrons. The highest BCUT2D eigenvalue weighted by Crippen LogP contribution is 2.28. The largest absolute Gasteiger partial charge is 0.399 e. The van der Waals surface area contributed by atoms with Gasteiger partial charge in [-0.25, -0.2) is 0 Å². The topological polar surface area (TPSA) is 26.0 Å². The van der Waals surface area contributed by atoms with Crippen LogP contribution in [-0.2, 0) is 0 Å². The minimum Gasteiger partial charge on any atom is -0.399 e.